The number of carbonyl (C=O) groups excluding carboxylic acids is 2. The largest absolute Gasteiger partial charge is 0.497 e. The maximum atomic E-state index is 13.3. The zero-order chi connectivity index (χ0) is 24.4. The molecule has 7 nitrogen and oxygen atoms in total. The van der Waals surface area contributed by atoms with Gasteiger partial charge in [0.2, 0.25) is 5.78 Å². The molecular weight excluding hydrogens is 452 g/mol. The molecule has 4 rings (SSSR count). The van der Waals surface area contributed by atoms with Crippen molar-refractivity contribution >= 4 is 39.0 Å². The molecule has 0 unspecified atom stereocenters. The zero-order valence-electron chi connectivity index (χ0n) is 19.3. The number of anilines is 1. The van der Waals surface area contributed by atoms with E-state index in [4.69, 9.17) is 19.9 Å². The highest BCUT2D eigenvalue weighted by Crippen LogP contribution is 2.43. The van der Waals surface area contributed by atoms with Crippen molar-refractivity contribution in [2.24, 2.45) is 0 Å². The molecule has 0 bridgehead atoms. The third-order valence-electron chi connectivity index (χ3n) is 5.47. The number of nitrogen functional groups attached to an aromatic ring is 1. The molecule has 0 fully saturated rings. The summed E-state index contributed by atoms with van der Waals surface area (Å²) in [6.45, 7) is 3.72. The molecule has 0 aliphatic carbocycles. The Balaban J connectivity index is 1.96. The Bertz CT molecular complexity index is 1380. The van der Waals surface area contributed by atoms with Crippen LogP contribution in [0.4, 0.5) is 5.69 Å². The van der Waals surface area contributed by atoms with Gasteiger partial charge in [-0.25, -0.2) is 9.78 Å². The summed E-state index contributed by atoms with van der Waals surface area (Å²) in [5.74, 6) is 0.615. The van der Waals surface area contributed by atoms with Crippen molar-refractivity contribution in [1.29, 1.82) is 0 Å². The number of hydrogen-bond acceptors (Lipinski definition) is 8. The number of nitrogens with zero attached hydrogens (tertiary/aromatic N) is 1. The van der Waals surface area contributed by atoms with Gasteiger partial charge in [-0.2, -0.15) is 0 Å². The fraction of sp³-hybridized carbons (Fsp3) is 0.192. The molecule has 8 heteroatoms. The molecule has 0 spiro atoms. The van der Waals surface area contributed by atoms with Crippen molar-refractivity contribution in [3.8, 4) is 22.6 Å². The molecule has 174 valence electrons. The van der Waals surface area contributed by atoms with E-state index in [1.54, 1.807) is 64.5 Å². The van der Waals surface area contributed by atoms with Crippen LogP contribution < -0.4 is 15.2 Å². The quantitative estimate of drug-likeness (QED) is 0.286. The number of ketones is 1. The number of aromatic nitrogens is 1. The smallest absolute Gasteiger partial charge is 0.340 e. The van der Waals surface area contributed by atoms with E-state index >= 15 is 0 Å². The van der Waals surface area contributed by atoms with Crippen LogP contribution in [0, 0.1) is 6.92 Å². The minimum absolute atomic E-state index is 0.221. The molecule has 0 saturated heterocycles. The highest BCUT2D eigenvalue weighted by Gasteiger charge is 2.27. The SMILES string of the molecule is CCOC(=O)c1c(C)nc2sc(C(=O)c3ccc(OC)cc3)c(N)c2c1-c1ccc(OC)cc1. The number of fused-ring (bicyclic) bond motifs is 1. The summed E-state index contributed by atoms with van der Waals surface area (Å²) < 4.78 is 15.8. The number of esters is 1. The molecule has 2 heterocycles. The van der Waals surface area contributed by atoms with Crippen molar-refractivity contribution in [3.63, 3.8) is 0 Å². The summed E-state index contributed by atoms with van der Waals surface area (Å²) in [4.78, 5) is 31.8. The van der Waals surface area contributed by atoms with E-state index in [9.17, 15) is 9.59 Å². The van der Waals surface area contributed by atoms with Crippen LogP contribution in [0.1, 0.15) is 38.2 Å². The van der Waals surface area contributed by atoms with Crippen molar-refractivity contribution in [2.45, 2.75) is 13.8 Å². The van der Waals surface area contributed by atoms with E-state index in [0.717, 1.165) is 5.56 Å². The van der Waals surface area contributed by atoms with Crippen LogP contribution in [0.3, 0.4) is 0 Å². The fourth-order valence-electron chi connectivity index (χ4n) is 3.81. The van der Waals surface area contributed by atoms with Crippen LogP contribution in [0.5, 0.6) is 11.5 Å². The van der Waals surface area contributed by atoms with Crippen LogP contribution >= 0.6 is 11.3 Å². The van der Waals surface area contributed by atoms with Crippen molar-refractivity contribution in [2.75, 3.05) is 26.6 Å². The highest BCUT2D eigenvalue weighted by molar-refractivity contribution is 7.21. The van der Waals surface area contributed by atoms with Gasteiger partial charge < -0.3 is 19.9 Å². The second-order valence-electron chi connectivity index (χ2n) is 7.48. The molecule has 2 aromatic carbocycles. The number of methoxy groups -OCH3 is 2. The van der Waals surface area contributed by atoms with Gasteiger partial charge in [-0.3, -0.25) is 4.79 Å². The van der Waals surface area contributed by atoms with E-state index in [1.807, 2.05) is 12.1 Å². The Morgan fingerprint density at radius 2 is 1.56 bits per heavy atom. The van der Waals surface area contributed by atoms with E-state index in [2.05, 4.69) is 4.98 Å². The molecule has 2 N–H and O–H groups in total. The van der Waals surface area contributed by atoms with E-state index in [-0.39, 0.29) is 18.1 Å². The average Bonchev–Trinajstić information content (AvgIpc) is 3.18. The van der Waals surface area contributed by atoms with Crippen LogP contribution in [0.15, 0.2) is 48.5 Å². The predicted molar refractivity (Wildman–Crippen MR) is 133 cm³/mol. The summed E-state index contributed by atoms with van der Waals surface area (Å²) in [6.07, 6.45) is 0. The van der Waals surface area contributed by atoms with Crippen molar-refractivity contribution < 1.29 is 23.8 Å². The lowest BCUT2D eigenvalue weighted by Gasteiger charge is -2.14. The lowest BCUT2D eigenvalue weighted by molar-refractivity contribution is 0.0526. The molecule has 0 aliphatic heterocycles. The third kappa shape index (κ3) is 4.08. The number of nitrogens with two attached hydrogens (primary N) is 1. The first kappa shape index (κ1) is 23.3. The molecule has 0 saturated carbocycles. The van der Waals surface area contributed by atoms with Crippen LogP contribution in [-0.4, -0.2) is 37.6 Å². The number of aryl methyl sites for hydroxylation is 1. The van der Waals surface area contributed by atoms with Crippen LogP contribution in [-0.2, 0) is 4.74 Å². The second-order valence-corrected chi connectivity index (χ2v) is 8.48. The van der Waals surface area contributed by atoms with Crippen molar-refractivity contribution in [3.05, 3.63) is 70.2 Å². The first-order valence-electron chi connectivity index (χ1n) is 10.6. The third-order valence-corrected chi connectivity index (χ3v) is 6.57. The summed E-state index contributed by atoms with van der Waals surface area (Å²) in [5.41, 5.74) is 9.49. The zero-order valence-corrected chi connectivity index (χ0v) is 20.1. The Labute approximate surface area is 201 Å². The maximum absolute atomic E-state index is 13.3. The Hall–Kier alpha value is -3.91. The topological polar surface area (TPSA) is 101 Å². The van der Waals surface area contributed by atoms with Gasteiger partial charge in [0.15, 0.2) is 0 Å². The maximum Gasteiger partial charge on any atom is 0.340 e. The number of thiophene rings is 1. The number of benzene rings is 2. The molecule has 0 atom stereocenters. The highest BCUT2D eigenvalue weighted by atomic mass is 32.1. The second kappa shape index (κ2) is 9.52. The lowest BCUT2D eigenvalue weighted by Crippen LogP contribution is -2.10. The van der Waals surface area contributed by atoms with Gasteiger partial charge in [-0.15, -0.1) is 11.3 Å². The molecular formula is C26H24N2O5S. The van der Waals surface area contributed by atoms with Gasteiger partial charge in [0, 0.05) is 16.5 Å². The molecule has 2 aromatic heterocycles. The summed E-state index contributed by atoms with van der Waals surface area (Å²) in [6, 6.07) is 14.1. The summed E-state index contributed by atoms with van der Waals surface area (Å²) >= 11 is 1.21. The lowest BCUT2D eigenvalue weighted by atomic mass is 9.95. The van der Waals surface area contributed by atoms with Crippen LogP contribution in [0.25, 0.3) is 21.3 Å². The van der Waals surface area contributed by atoms with E-state index < -0.39 is 5.97 Å². The normalized spacial score (nSPS) is 10.8. The summed E-state index contributed by atoms with van der Waals surface area (Å²) in [5, 5.41) is 0.556. The molecule has 0 radical (unpaired) electrons. The number of ether oxygens (including phenoxy) is 3. The number of hydrogen-bond donors (Lipinski definition) is 1. The van der Waals surface area contributed by atoms with Gasteiger partial charge in [0.25, 0.3) is 0 Å². The van der Waals surface area contributed by atoms with Gasteiger partial charge in [0.1, 0.15) is 21.2 Å². The Morgan fingerprint density at radius 1 is 0.971 bits per heavy atom. The first-order chi connectivity index (χ1) is 16.4. The average molecular weight is 477 g/mol. The van der Waals surface area contributed by atoms with E-state index in [0.29, 0.717) is 49.0 Å². The number of pyridine rings is 1. The van der Waals surface area contributed by atoms with Crippen LogP contribution in [0.2, 0.25) is 0 Å². The molecule has 34 heavy (non-hydrogen) atoms. The van der Waals surface area contributed by atoms with Gasteiger partial charge in [0.05, 0.1) is 37.8 Å². The standard InChI is InChI=1S/C26H24N2O5S/c1-5-33-26(30)19-14(2)28-25-21(20(19)15-6-10-17(31-3)11-7-15)22(27)24(34-25)23(29)16-8-12-18(32-4)13-9-16/h6-13H,5,27H2,1-4H3. The number of carbonyl (C=O) groups is 2. The molecule has 0 amide bonds. The first-order valence-corrected chi connectivity index (χ1v) is 11.4. The number of rotatable bonds is 7. The van der Waals surface area contributed by atoms with E-state index in [1.165, 1.54) is 11.3 Å². The van der Waals surface area contributed by atoms with Gasteiger partial charge >= 0.3 is 5.97 Å². The van der Waals surface area contributed by atoms with Gasteiger partial charge in [-0.1, -0.05) is 12.1 Å². The Morgan fingerprint density at radius 3 is 2.12 bits per heavy atom. The summed E-state index contributed by atoms with van der Waals surface area (Å²) in [7, 11) is 3.15. The minimum atomic E-state index is -0.492. The Kier molecular flexibility index (Phi) is 6.51. The fourth-order valence-corrected chi connectivity index (χ4v) is 4.92. The van der Waals surface area contributed by atoms with Gasteiger partial charge in [-0.05, 0) is 55.8 Å². The molecule has 0 aliphatic rings. The minimum Gasteiger partial charge on any atom is -0.497 e. The monoisotopic (exact) mass is 476 g/mol. The van der Waals surface area contributed by atoms with Crippen molar-refractivity contribution in [1.82, 2.24) is 4.98 Å². The molecule has 4 aromatic rings. The predicted octanol–water partition coefficient (Wildman–Crippen LogP) is 5.28.